The minimum atomic E-state index is -0.367. The molecule has 0 saturated heterocycles. The molecule has 4 aliphatic carbocycles. The first kappa shape index (κ1) is 43.9. The Morgan fingerprint density at radius 1 is 0.478 bits per heavy atom. The molecule has 4 aliphatic rings. The largest absolute Gasteiger partial charge is 0.455 e. The Balaban J connectivity index is 0.000000322. The molecule has 1 aromatic heterocycles. The second kappa shape index (κ2) is 18.1. The number of allylic oxidation sites excluding steroid dienone is 8. The molecule has 0 unspecified atom stereocenters. The lowest BCUT2D eigenvalue weighted by Crippen LogP contribution is -2.40. The van der Waals surface area contributed by atoms with Crippen LogP contribution in [0.3, 0.4) is 0 Å². The SMILES string of the molecule is C1=CCCC(C2=CCCC=C2)=C1.CC.CN(c1ccc(-c2ccc3c(c2)-c2ccccc2C32c3ccccc3C(C)(C)c3ccccc32)cc1)c1ccc(-c2cccc3c2oc2ccccc23)cc1. The second-order valence-corrected chi connectivity index (χ2v) is 19.0. The van der Waals surface area contributed by atoms with Crippen LogP contribution in [-0.2, 0) is 10.8 Å². The third kappa shape index (κ3) is 7.33. The van der Waals surface area contributed by atoms with E-state index in [4.69, 9.17) is 4.42 Å². The lowest BCUT2D eigenvalue weighted by Gasteiger charge is -2.46. The van der Waals surface area contributed by atoms with Crippen LogP contribution in [0.1, 0.15) is 86.8 Å². The Labute approximate surface area is 408 Å². The summed E-state index contributed by atoms with van der Waals surface area (Å²) in [5.41, 5.74) is 22.2. The lowest BCUT2D eigenvalue weighted by atomic mass is 9.55. The fourth-order valence-electron chi connectivity index (χ4n) is 11.6. The molecule has 9 aromatic rings. The van der Waals surface area contributed by atoms with Gasteiger partial charge in [0.15, 0.2) is 0 Å². The third-order valence-electron chi connectivity index (χ3n) is 15.0. The van der Waals surface area contributed by atoms with Gasteiger partial charge in [0.1, 0.15) is 11.2 Å². The van der Waals surface area contributed by atoms with E-state index in [1.165, 1.54) is 92.5 Å². The molecule has 2 nitrogen and oxygen atoms in total. The molecule has 0 saturated carbocycles. The minimum Gasteiger partial charge on any atom is -0.455 e. The van der Waals surface area contributed by atoms with Crippen LogP contribution in [0.5, 0.6) is 0 Å². The molecule has 13 rings (SSSR count). The van der Waals surface area contributed by atoms with Gasteiger partial charge in [0.05, 0.1) is 5.41 Å². The first-order valence-electron chi connectivity index (χ1n) is 24.9. The van der Waals surface area contributed by atoms with Crippen LogP contribution < -0.4 is 4.90 Å². The molecule has 0 fully saturated rings. The Kier molecular flexibility index (Phi) is 11.5. The van der Waals surface area contributed by atoms with Crippen LogP contribution in [0.15, 0.2) is 234 Å². The van der Waals surface area contributed by atoms with E-state index in [0.717, 1.165) is 44.4 Å². The van der Waals surface area contributed by atoms with Gasteiger partial charge in [-0.3, -0.25) is 0 Å². The van der Waals surface area contributed by atoms with Gasteiger partial charge >= 0.3 is 0 Å². The number of benzene rings is 8. The van der Waals surface area contributed by atoms with Crippen molar-refractivity contribution in [3.05, 3.63) is 263 Å². The Morgan fingerprint density at radius 3 is 1.72 bits per heavy atom. The van der Waals surface area contributed by atoms with Gasteiger partial charge in [0, 0.05) is 40.2 Å². The molecule has 0 bridgehead atoms. The van der Waals surface area contributed by atoms with Crippen molar-refractivity contribution in [3.63, 3.8) is 0 Å². The second-order valence-electron chi connectivity index (χ2n) is 19.0. The van der Waals surface area contributed by atoms with Gasteiger partial charge in [-0.1, -0.05) is 210 Å². The van der Waals surface area contributed by atoms with Crippen molar-refractivity contribution in [3.8, 4) is 33.4 Å². The molecule has 0 amide bonds. The highest BCUT2D eigenvalue weighted by molar-refractivity contribution is 6.09. The number of furan rings is 1. The van der Waals surface area contributed by atoms with Gasteiger partial charge in [-0.15, -0.1) is 0 Å². The summed E-state index contributed by atoms with van der Waals surface area (Å²) in [4.78, 5) is 2.25. The number of hydrogen-bond acceptors (Lipinski definition) is 2. The fraction of sp³-hybridized carbons (Fsp3) is 0.164. The third-order valence-corrected chi connectivity index (χ3v) is 15.0. The fourth-order valence-corrected chi connectivity index (χ4v) is 11.6. The van der Waals surface area contributed by atoms with Crippen molar-refractivity contribution in [1.29, 1.82) is 0 Å². The average Bonchev–Trinajstić information content (AvgIpc) is 3.95. The van der Waals surface area contributed by atoms with E-state index in [0.29, 0.717) is 0 Å². The van der Waals surface area contributed by atoms with Gasteiger partial charge < -0.3 is 9.32 Å². The van der Waals surface area contributed by atoms with Gasteiger partial charge in [-0.25, -0.2) is 0 Å². The molecule has 1 heterocycles. The predicted octanol–water partition coefficient (Wildman–Crippen LogP) is 18.3. The smallest absolute Gasteiger partial charge is 0.143 e. The molecule has 2 heteroatoms. The minimum absolute atomic E-state index is 0.100. The zero-order chi connectivity index (χ0) is 47.1. The molecule has 0 atom stereocenters. The quantitative estimate of drug-likeness (QED) is 0.171. The van der Waals surface area contributed by atoms with Gasteiger partial charge in [-0.2, -0.15) is 0 Å². The van der Waals surface area contributed by atoms with E-state index in [-0.39, 0.29) is 10.8 Å². The van der Waals surface area contributed by atoms with Crippen LogP contribution in [0.4, 0.5) is 11.4 Å². The van der Waals surface area contributed by atoms with E-state index >= 15 is 0 Å². The van der Waals surface area contributed by atoms with E-state index in [1.54, 1.807) is 0 Å². The maximum absolute atomic E-state index is 6.33. The Morgan fingerprint density at radius 2 is 1.06 bits per heavy atom. The highest BCUT2D eigenvalue weighted by Crippen LogP contribution is 2.62. The maximum atomic E-state index is 6.33. The summed E-state index contributed by atoms with van der Waals surface area (Å²) in [6, 6.07) is 66.9. The predicted molar refractivity (Wildman–Crippen MR) is 293 cm³/mol. The first-order chi connectivity index (χ1) is 33.9. The number of hydrogen-bond donors (Lipinski definition) is 0. The monoisotopic (exact) mass is 893 g/mol. The van der Waals surface area contributed by atoms with Crippen LogP contribution in [-0.4, -0.2) is 7.05 Å². The van der Waals surface area contributed by atoms with Crippen molar-refractivity contribution in [1.82, 2.24) is 0 Å². The highest BCUT2D eigenvalue weighted by Gasteiger charge is 2.53. The van der Waals surface area contributed by atoms with Crippen LogP contribution in [0.2, 0.25) is 0 Å². The van der Waals surface area contributed by atoms with Crippen LogP contribution in [0, 0.1) is 0 Å². The van der Waals surface area contributed by atoms with Crippen molar-refractivity contribution in [2.24, 2.45) is 0 Å². The number of para-hydroxylation sites is 2. The zero-order valence-electron chi connectivity index (χ0n) is 40.5. The summed E-state index contributed by atoms with van der Waals surface area (Å²) < 4.78 is 6.33. The standard InChI is InChI=1S/C53H39NO.C12H14.C2H6/c1-52(2)46-18-7-9-20-48(46)53(49-21-10-8-19-47(49)52)44-17-6-4-13-40(44)43-33-36(27-32-45(43)53)34-23-28-37(29-24-34)54(3)38-30-25-35(26-31-38)39-15-12-16-42-41-14-5-11-22-50(41)55-51(39)42;1-3-7-11(8-4-1)12-9-5-2-6-10-12;1-2/h4-33H,1-3H3;1,3,5,7,9-10H,2,4,6,8H2;1-2H3. The molecular weight excluding hydrogens is 835 g/mol. The molecule has 0 radical (unpaired) electrons. The summed E-state index contributed by atoms with van der Waals surface area (Å²) in [5.74, 6) is 0. The molecule has 0 N–H and O–H groups in total. The zero-order valence-corrected chi connectivity index (χ0v) is 40.5. The van der Waals surface area contributed by atoms with Crippen LogP contribution >= 0.6 is 0 Å². The van der Waals surface area contributed by atoms with E-state index in [2.05, 4.69) is 232 Å². The molecule has 0 aliphatic heterocycles. The first-order valence-corrected chi connectivity index (χ1v) is 24.9. The number of nitrogens with zero attached hydrogens (tertiary/aromatic N) is 1. The molecular formula is C67H59NO. The summed E-state index contributed by atoms with van der Waals surface area (Å²) in [5, 5.41) is 2.30. The van der Waals surface area contributed by atoms with Crippen molar-refractivity contribution in [2.45, 2.75) is 64.2 Å². The Bertz CT molecular complexity index is 3450. The van der Waals surface area contributed by atoms with Crippen molar-refractivity contribution >= 4 is 33.3 Å². The van der Waals surface area contributed by atoms with Gasteiger partial charge in [0.25, 0.3) is 0 Å². The highest BCUT2D eigenvalue weighted by atomic mass is 16.3. The van der Waals surface area contributed by atoms with E-state index in [1.807, 2.05) is 26.0 Å². The topological polar surface area (TPSA) is 16.4 Å². The van der Waals surface area contributed by atoms with E-state index < -0.39 is 0 Å². The average molecular weight is 894 g/mol. The lowest BCUT2D eigenvalue weighted by molar-refractivity contribution is 0.563. The van der Waals surface area contributed by atoms with Gasteiger partial charge in [0.2, 0.25) is 0 Å². The number of fused-ring (bicyclic) bond motifs is 12. The Hall–Kier alpha value is -7.68. The normalized spacial score (nSPS) is 15.4. The van der Waals surface area contributed by atoms with Crippen molar-refractivity contribution < 1.29 is 4.42 Å². The molecule has 338 valence electrons. The number of rotatable bonds is 5. The number of anilines is 2. The molecule has 69 heavy (non-hydrogen) atoms. The van der Waals surface area contributed by atoms with Crippen LogP contribution in [0.25, 0.3) is 55.3 Å². The maximum Gasteiger partial charge on any atom is 0.143 e. The summed E-state index contributed by atoms with van der Waals surface area (Å²) in [6.07, 6.45) is 18.4. The van der Waals surface area contributed by atoms with Crippen molar-refractivity contribution in [2.75, 3.05) is 11.9 Å². The summed E-state index contributed by atoms with van der Waals surface area (Å²) in [6.45, 7) is 8.76. The van der Waals surface area contributed by atoms with E-state index in [9.17, 15) is 0 Å². The summed E-state index contributed by atoms with van der Waals surface area (Å²) >= 11 is 0. The van der Waals surface area contributed by atoms with Gasteiger partial charge in [-0.05, 0) is 134 Å². The molecule has 1 spiro atoms. The molecule has 8 aromatic carbocycles. The summed E-state index contributed by atoms with van der Waals surface area (Å²) in [7, 11) is 2.14.